The minimum atomic E-state index is -0.628. The average Bonchev–Trinajstić information content (AvgIpc) is 2.38. The summed E-state index contributed by atoms with van der Waals surface area (Å²) in [7, 11) is 0. The number of nitrogens with zero attached hydrogens (tertiary/aromatic N) is 1. The standard InChI is InChI=1S/C14H21N3O/c1-2-3-4-8-11-13(16-17-14(15)18)12-9-6-5-7-10-12/h5-7,9-10H,2-4,8,11H2,1H3,(H3,15,17,18)/b16-13+. The molecule has 0 atom stereocenters. The number of hydrogen-bond acceptors (Lipinski definition) is 2. The first-order valence-electron chi connectivity index (χ1n) is 6.41. The summed E-state index contributed by atoms with van der Waals surface area (Å²) in [5.74, 6) is 0. The summed E-state index contributed by atoms with van der Waals surface area (Å²) in [4.78, 5) is 10.7. The van der Waals surface area contributed by atoms with Crippen LogP contribution < -0.4 is 11.2 Å². The SMILES string of the molecule is CCCCCC/C(=N\NC(N)=O)c1ccccc1. The molecule has 0 saturated heterocycles. The Balaban J connectivity index is 2.64. The molecule has 0 bridgehead atoms. The van der Waals surface area contributed by atoms with Crippen molar-refractivity contribution >= 4 is 11.7 Å². The van der Waals surface area contributed by atoms with Gasteiger partial charge in [0.25, 0.3) is 0 Å². The van der Waals surface area contributed by atoms with Gasteiger partial charge in [0.2, 0.25) is 0 Å². The van der Waals surface area contributed by atoms with E-state index in [4.69, 9.17) is 5.73 Å². The van der Waals surface area contributed by atoms with Crippen molar-refractivity contribution in [2.24, 2.45) is 10.8 Å². The van der Waals surface area contributed by atoms with Crippen LogP contribution in [-0.4, -0.2) is 11.7 Å². The summed E-state index contributed by atoms with van der Waals surface area (Å²) in [6, 6.07) is 9.22. The lowest BCUT2D eigenvalue weighted by Crippen LogP contribution is -2.26. The molecule has 1 rings (SSSR count). The predicted molar refractivity (Wildman–Crippen MR) is 74.5 cm³/mol. The van der Waals surface area contributed by atoms with Gasteiger partial charge in [-0.15, -0.1) is 0 Å². The monoisotopic (exact) mass is 247 g/mol. The maximum absolute atomic E-state index is 10.7. The van der Waals surface area contributed by atoms with Gasteiger partial charge < -0.3 is 5.73 Å². The van der Waals surface area contributed by atoms with Crippen molar-refractivity contribution in [2.75, 3.05) is 0 Å². The number of urea groups is 1. The molecule has 0 fully saturated rings. The van der Waals surface area contributed by atoms with E-state index in [0.717, 1.165) is 24.1 Å². The molecule has 0 heterocycles. The molecular formula is C14H21N3O. The first kappa shape index (κ1) is 14.2. The Hall–Kier alpha value is -1.84. The van der Waals surface area contributed by atoms with Crippen molar-refractivity contribution in [3.8, 4) is 0 Å². The van der Waals surface area contributed by atoms with Crippen LogP contribution in [-0.2, 0) is 0 Å². The van der Waals surface area contributed by atoms with Gasteiger partial charge in [-0.05, 0) is 18.4 Å². The summed E-state index contributed by atoms with van der Waals surface area (Å²) in [5, 5.41) is 4.08. The van der Waals surface area contributed by atoms with E-state index < -0.39 is 6.03 Å². The Labute approximate surface area is 108 Å². The summed E-state index contributed by atoms with van der Waals surface area (Å²) >= 11 is 0. The topological polar surface area (TPSA) is 67.5 Å². The molecule has 1 aromatic carbocycles. The van der Waals surface area contributed by atoms with Gasteiger partial charge in [0.15, 0.2) is 0 Å². The van der Waals surface area contributed by atoms with Gasteiger partial charge in [-0.1, -0.05) is 56.5 Å². The molecule has 3 N–H and O–H groups in total. The molecule has 0 unspecified atom stereocenters. The van der Waals surface area contributed by atoms with E-state index in [1.165, 1.54) is 19.3 Å². The molecule has 0 aromatic heterocycles. The molecule has 0 aliphatic heterocycles. The van der Waals surface area contributed by atoms with Crippen LogP contribution >= 0.6 is 0 Å². The zero-order valence-corrected chi connectivity index (χ0v) is 10.9. The Kier molecular flexibility index (Phi) is 6.54. The molecule has 1 aromatic rings. The lowest BCUT2D eigenvalue weighted by atomic mass is 10.0. The highest BCUT2D eigenvalue weighted by molar-refractivity contribution is 6.00. The van der Waals surface area contributed by atoms with E-state index in [1.54, 1.807) is 0 Å². The zero-order chi connectivity index (χ0) is 13.2. The first-order valence-corrected chi connectivity index (χ1v) is 6.41. The van der Waals surface area contributed by atoms with Gasteiger partial charge in [0, 0.05) is 0 Å². The van der Waals surface area contributed by atoms with E-state index in [2.05, 4.69) is 17.5 Å². The van der Waals surface area contributed by atoms with Crippen LogP contribution in [0, 0.1) is 0 Å². The molecule has 0 radical (unpaired) electrons. The number of benzene rings is 1. The number of nitrogens with two attached hydrogens (primary N) is 1. The van der Waals surface area contributed by atoms with Crippen LogP contribution in [0.3, 0.4) is 0 Å². The van der Waals surface area contributed by atoms with Crippen molar-refractivity contribution in [2.45, 2.75) is 39.0 Å². The fourth-order valence-corrected chi connectivity index (χ4v) is 1.74. The smallest absolute Gasteiger partial charge is 0.332 e. The van der Waals surface area contributed by atoms with Crippen LogP contribution in [0.25, 0.3) is 0 Å². The third-order valence-corrected chi connectivity index (χ3v) is 2.68. The van der Waals surface area contributed by atoms with E-state index in [9.17, 15) is 4.79 Å². The summed E-state index contributed by atoms with van der Waals surface area (Å²) < 4.78 is 0. The highest BCUT2D eigenvalue weighted by atomic mass is 16.2. The number of primary amides is 1. The predicted octanol–water partition coefficient (Wildman–Crippen LogP) is 3.03. The van der Waals surface area contributed by atoms with Crippen molar-refractivity contribution in [3.05, 3.63) is 35.9 Å². The van der Waals surface area contributed by atoms with Gasteiger partial charge >= 0.3 is 6.03 Å². The number of amides is 2. The molecular weight excluding hydrogens is 226 g/mol. The Morgan fingerprint density at radius 2 is 1.94 bits per heavy atom. The highest BCUT2D eigenvalue weighted by Gasteiger charge is 2.03. The minimum absolute atomic E-state index is 0.628. The Morgan fingerprint density at radius 3 is 2.56 bits per heavy atom. The molecule has 4 nitrogen and oxygen atoms in total. The molecule has 0 aliphatic carbocycles. The second kappa shape index (κ2) is 8.28. The summed E-state index contributed by atoms with van der Waals surface area (Å²) in [5.41, 5.74) is 9.26. The van der Waals surface area contributed by atoms with E-state index in [1.807, 2.05) is 30.3 Å². The van der Waals surface area contributed by atoms with Crippen molar-refractivity contribution in [1.82, 2.24) is 5.43 Å². The normalized spacial score (nSPS) is 11.3. The third-order valence-electron chi connectivity index (χ3n) is 2.68. The zero-order valence-electron chi connectivity index (χ0n) is 10.9. The largest absolute Gasteiger partial charge is 0.350 e. The number of rotatable bonds is 7. The molecule has 0 saturated carbocycles. The number of nitrogens with one attached hydrogen (secondary N) is 1. The van der Waals surface area contributed by atoms with E-state index >= 15 is 0 Å². The maximum atomic E-state index is 10.7. The van der Waals surface area contributed by atoms with Crippen molar-refractivity contribution in [1.29, 1.82) is 0 Å². The van der Waals surface area contributed by atoms with Gasteiger partial charge in [0.05, 0.1) is 5.71 Å². The van der Waals surface area contributed by atoms with Crippen molar-refractivity contribution < 1.29 is 4.79 Å². The lowest BCUT2D eigenvalue weighted by molar-refractivity contribution is 0.249. The summed E-state index contributed by atoms with van der Waals surface area (Å²) in [6.45, 7) is 2.18. The summed E-state index contributed by atoms with van der Waals surface area (Å²) in [6.07, 6.45) is 5.54. The number of carbonyl (C=O) groups excluding carboxylic acids is 1. The van der Waals surface area contributed by atoms with Crippen LogP contribution in [0.2, 0.25) is 0 Å². The van der Waals surface area contributed by atoms with Gasteiger partial charge in [-0.25, -0.2) is 10.2 Å². The number of unbranched alkanes of at least 4 members (excludes halogenated alkanes) is 3. The van der Waals surface area contributed by atoms with Gasteiger partial charge in [0.1, 0.15) is 0 Å². The van der Waals surface area contributed by atoms with Crippen LogP contribution in [0.15, 0.2) is 35.4 Å². The number of hydrogen-bond donors (Lipinski definition) is 2. The third kappa shape index (κ3) is 5.48. The molecule has 4 heteroatoms. The quantitative estimate of drug-likeness (QED) is 0.434. The van der Waals surface area contributed by atoms with Crippen molar-refractivity contribution in [3.63, 3.8) is 0 Å². The Bertz CT molecular complexity index is 387. The van der Waals surface area contributed by atoms with Gasteiger partial charge in [-0.3, -0.25) is 0 Å². The molecule has 0 aliphatic rings. The first-order chi connectivity index (χ1) is 8.74. The Morgan fingerprint density at radius 1 is 1.22 bits per heavy atom. The maximum Gasteiger partial charge on any atom is 0.332 e. The van der Waals surface area contributed by atoms with Crippen LogP contribution in [0.5, 0.6) is 0 Å². The van der Waals surface area contributed by atoms with E-state index in [0.29, 0.717) is 0 Å². The molecule has 2 amide bonds. The highest BCUT2D eigenvalue weighted by Crippen LogP contribution is 2.09. The fourth-order valence-electron chi connectivity index (χ4n) is 1.74. The number of hydrazone groups is 1. The minimum Gasteiger partial charge on any atom is -0.350 e. The second-order valence-electron chi connectivity index (χ2n) is 4.21. The second-order valence-corrected chi connectivity index (χ2v) is 4.21. The molecule has 18 heavy (non-hydrogen) atoms. The van der Waals surface area contributed by atoms with Gasteiger partial charge in [-0.2, -0.15) is 5.10 Å². The lowest BCUT2D eigenvalue weighted by Gasteiger charge is -2.06. The number of carbonyl (C=O) groups is 1. The van der Waals surface area contributed by atoms with E-state index in [-0.39, 0.29) is 0 Å². The molecule has 0 spiro atoms. The fraction of sp³-hybridized carbons (Fsp3) is 0.429. The van der Waals surface area contributed by atoms with Crippen LogP contribution in [0.1, 0.15) is 44.6 Å². The molecule has 98 valence electrons. The average molecular weight is 247 g/mol. The van der Waals surface area contributed by atoms with Crippen LogP contribution in [0.4, 0.5) is 4.79 Å².